The zero-order valence-corrected chi connectivity index (χ0v) is 9.34. The molecule has 4 heteroatoms. The largest absolute Gasteiger partial charge is 0.375 e. The summed E-state index contributed by atoms with van der Waals surface area (Å²) in [5.74, 6) is 0. The van der Waals surface area contributed by atoms with Crippen molar-refractivity contribution >= 4 is 35.8 Å². The first-order chi connectivity index (χ1) is 5.46. The van der Waals surface area contributed by atoms with E-state index in [2.05, 4.69) is 0 Å². The Bertz CT molecular complexity index is 323. The van der Waals surface area contributed by atoms with Crippen LogP contribution in [0.25, 0.3) is 0 Å². The summed E-state index contributed by atoms with van der Waals surface area (Å²) in [6.45, 7) is 0. The van der Waals surface area contributed by atoms with Crippen LogP contribution in [0.4, 0.5) is 11.4 Å². The average Bonchev–Trinajstić information content (AvgIpc) is 1.96. The number of rotatable bonds is 2. The van der Waals surface area contributed by atoms with Crippen molar-refractivity contribution < 1.29 is 0 Å². The summed E-state index contributed by atoms with van der Waals surface area (Å²) in [5.41, 5.74) is 2.17. The van der Waals surface area contributed by atoms with Gasteiger partial charge in [0.25, 0.3) is 0 Å². The maximum atomic E-state index is 5.13. The smallest absolute Gasteiger partial charge is 0.0834 e. The molecule has 0 spiro atoms. The number of nitrogens with zero attached hydrogens (tertiary/aromatic N) is 2. The Balaban J connectivity index is 3.23. The van der Waals surface area contributed by atoms with Crippen LogP contribution in [-0.4, -0.2) is 28.2 Å². The average molecular weight is 200 g/mol. The number of anilines is 2. The molecule has 12 heavy (non-hydrogen) atoms. The quantitative estimate of drug-likeness (QED) is 0.675. The molecule has 0 aliphatic rings. The van der Waals surface area contributed by atoms with E-state index < -0.39 is 0 Å². The van der Waals surface area contributed by atoms with Crippen LogP contribution in [0, 0.1) is 9.02 Å². The van der Waals surface area contributed by atoms with Crippen molar-refractivity contribution in [1.82, 2.24) is 0 Å². The molecular formula is C8H12N2S2. The van der Waals surface area contributed by atoms with E-state index in [0.29, 0.717) is 0 Å². The third kappa shape index (κ3) is 1.25. The molecule has 0 saturated carbocycles. The van der Waals surface area contributed by atoms with Gasteiger partial charge in [-0.25, -0.2) is 0 Å². The van der Waals surface area contributed by atoms with Gasteiger partial charge in [-0.05, 0) is 0 Å². The van der Waals surface area contributed by atoms with Crippen molar-refractivity contribution in [2.45, 2.75) is 0 Å². The Kier molecular flexibility index (Phi) is 2.49. The zero-order valence-electron chi connectivity index (χ0n) is 7.71. The van der Waals surface area contributed by atoms with E-state index >= 15 is 0 Å². The summed E-state index contributed by atoms with van der Waals surface area (Å²) < 4.78 is 1.64. The molecule has 1 aromatic carbocycles. The van der Waals surface area contributed by atoms with Gasteiger partial charge in [-0.1, -0.05) is 24.4 Å². The second kappa shape index (κ2) is 3.11. The predicted molar refractivity (Wildman–Crippen MR) is 59.1 cm³/mol. The van der Waals surface area contributed by atoms with E-state index in [4.69, 9.17) is 24.4 Å². The first-order valence-corrected chi connectivity index (χ1v) is 4.46. The van der Waals surface area contributed by atoms with Gasteiger partial charge in [-0.3, -0.25) is 0 Å². The number of hydrogen-bond donors (Lipinski definition) is 0. The monoisotopic (exact) mass is 200 g/mol. The van der Waals surface area contributed by atoms with Crippen molar-refractivity contribution in [3.05, 3.63) is 9.02 Å². The molecule has 0 fully saturated rings. The van der Waals surface area contributed by atoms with Crippen molar-refractivity contribution in [1.29, 1.82) is 0 Å². The second-order valence-electron chi connectivity index (χ2n) is 3.14. The molecule has 0 saturated heterocycles. The van der Waals surface area contributed by atoms with Crippen molar-refractivity contribution in [2.75, 3.05) is 38.0 Å². The van der Waals surface area contributed by atoms with E-state index in [1.165, 1.54) is 0 Å². The minimum absolute atomic E-state index is 0.818. The van der Waals surface area contributed by atoms with Crippen LogP contribution in [0.5, 0.6) is 0 Å². The van der Waals surface area contributed by atoms with Crippen molar-refractivity contribution in [3.8, 4) is 0 Å². The maximum absolute atomic E-state index is 5.13. The normalized spacial score (nSPS) is 10.3. The standard InChI is InChI=1S/C8H12N2S2/c1-9(2)5-6(10(3)4)8(12)7(5)11/h1-4H3. The fourth-order valence-electron chi connectivity index (χ4n) is 1.20. The molecule has 0 aromatic heterocycles. The summed E-state index contributed by atoms with van der Waals surface area (Å²) in [5, 5.41) is 0. The highest BCUT2D eigenvalue weighted by Crippen LogP contribution is 2.36. The van der Waals surface area contributed by atoms with Crippen LogP contribution in [0.2, 0.25) is 0 Å². The molecule has 1 rings (SSSR count). The lowest BCUT2D eigenvalue weighted by Gasteiger charge is -2.25. The van der Waals surface area contributed by atoms with Gasteiger partial charge in [0.2, 0.25) is 0 Å². The second-order valence-corrected chi connectivity index (χ2v) is 3.96. The van der Waals surface area contributed by atoms with E-state index in [-0.39, 0.29) is 0 Å². The highest BCUT2D eigenvalue weighted by Gasteiger charge is 2.17. The minimum Gasteiger partial charge on any atom is -0.375 e. The van der Waals surface area contributed by atoms with Gasteiger partial charge in [0, 0.05) is 28.2 Å². The Morgan fingerprint density at radius 2 is 1.00 bits per heavy atom. The molecule has 2 nitrogen and oxygen atoms in total. The highest BCUT2D eigenvalue weighted by atomic mass is 32.1. The van der Waals surface area contributed by atoms with Crippen LogP contribution in [-0.2, 0) is 0 Å². The molecule has 0 amide bonds. The fraction of sp³-hybridized carbons (Fsp3) is 0.500. The first kappa shape index (κ1) is 9.61. The number of hydrogen-bond acceptors (Lipinski definition) is 4. The van der Waals surface area contributed by atoms with Crippen molar-refractivity contribution in [2.24, 2.45) is 0 Å². The maximum Gasteiger partial charge on any atom is 0.0834 e. The van der Waals surface area contributed by atoms with E-state index in [1.807, 2.05) is 38.0 Å². The van der Waals surface area contributed by atoms with Gasteiger partial charge in [0.1, 0.15) is 0 Å². The molecule has 0 aliphatic carbocycles. The Morgan fingerprint density at radius 3 is 1.17 bits per heavy atom. The highest BCUT2D eigenvalue weighted by molar-refractivity contribution is 7.74. The van der Waals surface area contributed by atoms with Crippen LogP contribution >= 0.6 is 24.4 Å². The summed E-state index contributed by atoms with van der Waals surface area (Å²) in [6, 6.07) is 0. The summed E-state index contributed by atoms with van der Waals surface area (Å²) in [7, 11) is 7.92. The molecule has 0 atom stereocenters. The van der Waals surface area contributed by atoms with Gasteiger partial charge in [-0.2, -0.15) is 0 Å². The van der Waals surface area contributed by atoms with Gasteiger partial charge in [0.05, 0.1) is 20.4 Å². The van der Waals surface area contributed by atoms with E-state index in [9.17, 15) is 0 Å². The minimum atomic E-state index is 0.818. The molecule has 0 unspecified atom stereocenters. The van der Waals surface area contributed by atoms with E-state index in [1.54, 1.807) is 0 Å². The van der Waals surface area contributed by atoms with Gasteiger partial charge in [-0.15, -0.1) is 0 Å². The van der Waals surface area contributed by atoms with Crippen LogP contribution in [0.1, 0.15) is 0 Å². The van der Waals surface area contributed by atoms with Gasteiger partial charge < -0.3 is 9.80 Å². The lowest BCUT2D eigenvalue weighted by molar-refractivity contribution is 1.05. The zero-order chi connectivity index (χ0) is 9.46. The lowest BCUT2D eigenvalue weighted by atomic mass is 10.2. The van der Waals surface area contributed by atoms with Crippen LogP contribution in [0.15, 0.2) is 0 Å². The van der Waals surface area contributed by atoms with Crippen LogP contribution in [0.3, 0.4) is 0 Å². The third-order valence-electron chi connectivity index (χ3n) is 1.76. The molecule has 1 aromatic rings. The first-order valence-electron chi connectivity index (χ1n) is 3.64. The van der Waals surface area contributed by atoms with Crippen molar-refractivity contribution in [3.63, 3.8) is 0 Å². The molecule has 66 valence electrons. The third-order valence-corrected chi connectivity index (χ3v) is 2.68. The van der Waals surface area contributed by atoms with Gasteiger partial charge in [0.15, 0.2) is 0 Å². The Labute approximate surface area is 83.1 Å². The molecule has 0 radical (unpaired) electrons. The van der Waals surface area contributed by atoms with Gasteiger partial charge >= 0.3 is 0 Å². The van der Waals surface area contributed by atoms with Crippen LogP contribution < -0.4 is 9.80 Å². The Morgan fingerprint density at radius 1 is 0.750 bits per heavy atom. The molecule has 0 aliphatic heterocycles. The molecule has 0 heterocycles. The Hall–Kier alpha value is -0.480. The van der Waals surface area contributed by atoms with E-state index in [0.717, 1.165) is 20.4 Å². The topological polar surface area (TPSA) is 6.48 Å². The fourth-order valence-corrected chi connectivity index (χ4v) is 1.95. The SMILES string of the molecule is CN(C)c1c(N(C)C)c(=S)c1=S. The predicted octanol–water partition coefficient (Wildman–Crippen LogP) is 2.15. The summed E-state index contributed by atoms with van der Waals surface area (Å²) in [4.78, 5) is 4.01. The molecule has 0 N–H and O–H groups in total. The summed E-state index contributed by atoms with van der Waals surface area (Å²) in [6.07, 6.45) is 0. The lowest BCUT2D eigenvalue weighted by Crippen LogP contribution is -2.20. The summed E-state index contributed by atoms with van der Waals surface area (Å²) >= 11 is 10.3. The molecular weight excluding hydrogens is 188 g/mol. The molecule has 0 bridgehead atoms.